The third-order valence-corrected chi connectivity index (χ3v) is 4.68. The van der Waals surface area contributed by atoms with E-state index >= 15 is 0 Å². The van der Waals surface area contributed by atoms with E-state index in [0.29, 0.717) is 24.7 Å². The number of carbonyl (C=O) groups is 1. The van der Waals surface area contributed by atoms with Crippen molar-refractivity contribution in [3.8, 4) is 17.2 Å². The van der Waals surface area contributed by atoms with Gasteiger partial charge in [-0.05, 0) is 30.3 Å². The van der Waals surface area contributed by atoms with Crippen LogP contribution in [0.1, 0.15) is 10.4 Å². The molecule has 0 bridgehead atoms. The second-order valence-corrected chi connectivity index (χ2v) is 6.63. The molecule has 2 aromatic carbocycles. The second-order valence-electron chi connectivity index (χ2n) is 4.95. The fourth-order valence-electron chi connectivity index (χ4n) is 2.17. The van der Waals surface area contributed by atoms with Gasteiger partial charge in [-0.2, -0.15) is 0 Å². The fraction of sp³-hybridized carbons (Fsp3) is 0.133. The number of sulfonamides is 1. The van der Waals surface area contributed by atoms with Crippen LogP contribution < -0.4 is 14.2 Å². The quantitative estimate of drug-likeness (QED) is 0.765. The Morgan fingerprint density at radius 3 is 2.46 bits per heavy atom. The van der Waals surface area contributed by atoms with Gasteiger partial charge in [-0.15, -0.1) is 0 Å². The van der Waals surface area contributed by atoms with Crippen LogP contribution in [-0.2, 0) is 10.0 Å². The summed E-state index contributed by atoms with van der Waals surface area (Å²) in [4.78, 5) is 10.7. The molecule has 126 valence electrons. The molecule has 0 saturated heterocycles. The highest BCUT2D eigenvalue weighted by Crippen LogP contribution is 2.33. The summed E-state index contributed by atoms with van der Waals surface area (Å²) in [6, 6.07) is 7.57. The van der Waals surface area contributed by atoms with Gasteiger partial charge in [-0.25, -0.2) is 13.2 Å². The van der Waals surface area contributed by atoms with Gasteiger partial charge in [0, 0.05) is 6.07 Å². The number of ether oxygens (including phenoxy) is 2. The minimum Gasteiger partial charge on any atom is -0.507 e. The van der Waals surface area contributed by atoms with E-state index in [-0.39, 0.29) is 10.6 Å². The summed E-state index contributed by atoms with van der Waals surface area (Å²) in [7, 11) is -4.03. The number of carboxylic acid groups (broad SMARTS) is 1. The first-order valence-corrected chi connectivity index (χ1v) is 8.34. The molecule has 0 amide bonds. The number of benzene rings is 2. The first-order valence-electron chi connectivity index (χ1n) is 6.85. The van der Waals surface area contributed by atoms with Crippen LogP contribution in [0, 0.1) is 0 Å². The average Bonchev–Trinajstić information content (AvgIpc) is 2.54. The van der Waals surface area contributed by atoms with Gasteiger partial charge in [0.1, 0.15) is 24.5 Å². The molecule has 3 rings (SSSR count). The highest BCUT2D eigenvalue weighted by molar-refractivity contribution is 7.92. The zero-order chi connectivity index (χ0) is 17.3. The Morgan fingerprint density at radius 1 is 1.04 bits per heavy atom. The molecule has 2 aromatic rings. The lowest BCUT2D eigenvalue weighted by Gasteiger charge is -2.19. The SMILES string of the molecule is O=C(O)c1cc(S(=O)(=O)Nc2ccc3c(c2)OCCO3)ccc1O. The summed E-state index contributed by atoms with van der Waals surface area (Å²) < 4.78 is 37.9. The number of anilines is 1. The van der Waals surface area contributed by atoms with Gasteiger partial charge in [0.2, 0.25) is 0 Å². The molecule has 0 radical (unpaired) electrons. The molecular weight excluding hydrogens is 338 g/mol. The van der Waals surface area contributed by atoms with Gasteiger partial charge in [0.25, 0.3) is 10.0 Å². The molecule has 1 heterocycles. The zero-order valence-electron chi connectivity index (χ0n) is 12.2. The Kier molecular flexibility index (Phi) is 3.94. The summed E-state index contributed by atoms with van der Waals surface area (Å²) in [6.45, 7) is 0.784. The van der Waals surface area contributed by atoms with E-state index in [1.54, 1.807) is 6.07 Å². The number of hydrogen-bond donors (Lipinski definition) is 3. The number of aromatic hydroxyl groups is 1. The van der Waals surface area contributed by atoms with Gasteiger partial charge in [-0.3, -0.25) is 4.72 Å². The maximum atomic E-state index is 12.4. The maximum Gasteiger partial charge on any atom is 0.339 e. The summed E-state index contributed by atoms with van der Waals surface area (Å²) in [6.07, 6.45) is 0. The van der Waals surface area contributed by atoms with E-state index in [9.17, 15) is 18.3 Å². The van der Waals surface area contributed by atoms with Crippen molar-refractivity contribution in [2.24, 2.45) is 0 Å². The highest BCUT2D eigenvalue weighted by atomic mass is 32.2. The van der Waals surface area contributed by atoms with E-state index in [1.165, 1.54) is 12.1 Å². The van der Waals surface area contributed by atoms with Crippen LogP contribution in [0.25, 0.3) is 0 Å². The van der Waals surface area contributed by atoms with E-state index < -0.39 is 27.3 Å². The van der Waals surface area contributed by atoms with Crippen molar-refractivity contribution in [1.82, 2.24) is 0 Å². The third kappa shape index (κ3) is 3.06. The van der Waals surface area contributed by atoms with Gasteiger partial charge >= 0.3 is 5.97 Å². The van der Waals surface area contributed by atoms with Crippen molar-refractivity contribution < 1.29 is 32.9 Å². The Balaban J connectivity index is 1.91. The zero-order valence-corrected chi connectivity index (χ0v) is 13.0. The topological polar surface area (TPSA) is 122 Å². The lowest BCUT2D eigenvalue weighted by atomic mass is 10.2. The lowest BCUT2D eigenvalue weighted by molar-refractivity contribution is 0.0693. The molecule has 0 unspecified atom stereocenters. The smallest absolute Gasteiger partial charge is 0.339 e. The molecule has 0 atom stereocenters. The fourth-order valence-corrected chi connectivity index (χ4v) is 3.25. The molecule has 24 heavy (non-hydrogen) atoms. The van der Waals surface area contributed by atoms with E-state index in [4.69, 9.17) is 14.6 Å². The number of nitrogens with one attached hydrogen (secondary N) is 1. The normalized spacial score (nSPS) is 13.3. The van der Waals surface area contributed by atoms with E-state index in [2.05, 4.69) is 4.72 Å². The first-order chi connectivity index (χ1) is 11.4. The van der Waals surface area contributed by atoms with Crippen molar-refractivity contribution in [2.75, 3.05) is 17.9 Å². The minimum absolute atomic E-state index is 0.240. The lowest BCUT2D eigenvalue weighted by Crippen LogP contribution is -2.17. The Hall–Kier alpha value is -2.94. The van der Waals surface area contributed by atoms with Crippen molar-refractivity contribution in [3.05, 3.63) is 42.0 Å². The van der Waals surface area contributed by atoms with Crippen LogP contribution in [-0.4, -0.2) is 37.8 Å². The van der Waals surface area contributed by atoms with E-state index in [0.717, 1.165) is 18.2 Å². The van der Waals surface area contributed by atoms with Crippen LogP contribution in [0.4, 0.5) is 5.69 Å². The van der Waals surface area contributed by atoms with Gasteiger partial charge in [-0.1, -0.05) is 0 Å². The maximum absolute atomic E-state index is 12.4. The molecular formula is C15H13NO7S. The van der Waals surface area contributed by atoms with Gasteiger partial charge in [0.15, 0.2) is 11.5 Å². The molecule has 8 nitrogen and oxygen atoms in total. The molecule has 0 aliphatic carbocycles. The number of hydrogen-bond acceptors (Lipinski definition) is 6. The summed E-state index contributed by atoms with van der Waals surface area (Å²) in [5.41, 5.74) is -0.260. The summed E-state index contributed by atoms with van der Waals surface area (Å²) in [5.74, 6) is -1.01. The van der Waals surface area contributed by atoms with Gasteiger partial charge in [0.05, 0.1) is 10.6 Å². The van der Waals surface area contributed by atoms with Crippen LogP contribution in [0.5, 0.6) is 17.2 Å². The predicted molar refractivity (Wildman–Crippen MR) is 83.3 cm³/mol. The number of fused-ring (bicyclic) bond motifs is 1. The van der Waals surface area contributed by atoms with Crippen molar-refractivity contribution in [1.29, 1.82) is 0 Å². The number of phenols is 1. The van der Waals surface area contributed by atoms with Crippen molar-refractivity contribution in [2.45, 2.75) is 4.90 Å². The van der Waals surface area contributed by atoms with Gasteiger partial charge < -0.3 is 19.7 Å². The molecule has 9 heteroatoms. The number of rotatable bonds is 4. The molecule has 0 fully saturated rings. The molecule has 1 aliphatic rings. The van der Waals surface area contributed by atoms with Crippen LogP contribution in [0.2, 0.25) is 0 Å². The van der Waals surface area contributed by atoms with Crippen molar-refractivity contribution in [3.63, 3.8) is 0 Å². The third-order valence-electron chi connectivity index (χ3n) is 3.30. The summed E-state index contributed by atoms with van der Waals surface area (Å²) in [5, 5.41) is 18.4. The average molecular weight is 351 g/mol. The molecule has 0 saturated carbocycles. The second kappa shape index (κ2) is 5.93. The predicted octanol–water partition coefficient (Wildman–Crippen LogP) is 1.66. The van der Waals surface area contributed by atoms with E-state index in [1.807, 2.05) is 0 Å². The highest BCUT2D eigenvalue weighted by Gasteiger charge is 2.20. The Morgan fingerprint density at radius 2 is 1.75 bits per heavy atom. The van der Waals surface area contributed by atoms with Crippen molar-refractivity contribution >= 4 is 21.7 Å². The number of aromatic carboxylic acids is 1. The molecule has 0 spiro atoms. The largest absolute Gasteiger partial charge is 0.507 e. The Bertz CT molecular complexity index is 908. The molecule has 0 aromatic heterocycles. The standard InChI is InChI=1S/C15H13NO7S/c17-12-3-2-10(8-11(12)15(18)19)24(20,21)16-9-1-4-13-14(7-9)23-6-5-22-13/h1-4,7-8,16-17H,5-6H2,(H,18,19). The van der Waals surface area contributed by atoms with Crippen LogP contribution in [0.3, 0.4) is 0 Å². The Labute approximate surface area is 137 Å². The monoisotopic (exact) mass is 351 g/mol. The molecule has 1 aliphatic heterocycles. The summed E-state index contributed by atoms with van der Waals surface area (Å²) >= 11 is 0. The van der Waals surface area contributed by atoms with Crippen LogP contribution in [0.15, 0.2) is 41.3 Å². The minimum atomic E-state index is -4.03. The first kappa shape index (κ1) is 15.9. The number of carboxylic acids is 1. The molecule has 3 N–H and O–H groups in total. The van der Waals surface area contributed by atoms with Crippen LogP contribution >= 0.6 is 0 Å².